The molecule has 3 aromatic rings. The third kappa shape index (κ3) is 5.32. The van der Waals surface area contributed by atoms with Gasteiger partial charge in [-0.05, 0) is 30.2 Å². The van der Waals surface area contributed by atoms with E-state index in [1.807, 2.05) is 0 Å². The summed E-state index contributed by atoms with van der Waals surface area (Å²) >= 11 is 1.16. The van der Waals surface area contributed by atoms with Gasteiger partial charge in [-0.15, -0.1) is 0 Å². The Bertz CT molecular complexity index is 1100. The smallest absolute Gasteiger partial charge is 0.350 e. The van der Waals surface area contributed by atoms with Crippen molar-refractivity contribution in [2.75, 3.05) is 44.6 Å². The van der Waals surface area contributed by atoms with E-state index in [1.54, 1.807) is 13.8 Å². The van der Waals surface area contributed by atoms with Crippen molar-refractivity contribution in [3.63, 3.8) is 0 Å². The van der Waals surface area contributed by atoms with Gasteiger partial charge in [0.2, 0.25) is 5.91 Å². The Balaban J connectivity index is 1.27. The van der Waals surface area contributed by atoms with E-state index in [0.717, 1.165) is 44.1 Å². The van der Waals surface area contributed by atoms with Crippen molar-refractivity contribution in [2.45, 2.75) is 20.4 Å². The lowest BCUT2D eigenvalue weighted by Gasteiger charge is -2.34. The van der Waals surface area contributed by atoms with Gasteiger partial charge in [-0.2, -0.15) is 0 Å². The van der Waals surface area contributed by atoms with Crippen molar-refractivity contribution in [3.05, 3.63) is 58.6 Å². The normalized spacial score (nSPS) is 15.1. The third-order valence-corrected chi connectivity index (χ3v) is 6.66. The quantitative estimate of drug-likeness (QED) is 0.553. The molecule has 2 heterocycles. The van der Waals surface area contributed by atoms with Gasteiger partial charge in [-0.1, -0.05) is 53.8 Å². The summed E-state index contributed by atoms with van der Waals surface area (Å²) in [5, 5.41) is 5.83. The van der Waals surface area contributed by atoms with E-state index in [1.165, 1.54) is 16.3 Å². The van der Waals surface area contributed by atoms with Crippen LogP contribution >= 0.6 is 11.3 Å². The first kappa shape index (κ1) is 22.4. The van der Waals surface area contributed by atoms with Crippen LogP contribution in [-0.2, 0) is 16.1 Å². The van der Waals surface area contributed by atoms with Crippen molar-refractivity contribution in [3.8, 4) is 0 Å². The van der Waals surface area contributed by atoms with Crippen molar-refractivity contribution >= 4 is 39.1 Å². The van der Waals surface area contributed by atoms with E-state index >= 15 is 0 Å². The van der Waals surface area contributed by atoms with Gasteiger partial charge in [-0.3, -0.25) is 14.6 Å². The maximum atomic E-state index is 12.5. The summed E-state index contributed by atoms with van der Waals surface area (Å²) in [4.78, 5) is 33.8. The molecule has 8 heteroatoms. The molecule has 1 aliphatic heterocycles. The highest BCUT2D eigenvalue weighted by Gasteiger charge is 2.21. The number of rotatable bonds is 7. The summed E-state index contributed by atoms with van der Waals surface area (Å²) in [5.41, 5.74) is 1.91. The Morgan fingerprint density at radius 3 is 2.56 bits per heavy atom. The molecule has 1 aliphatic rings. The number of piperazine rings is 1. The van der Waals surface area contributed by atoms with Gasteiger partial charge in [0.1, 0.15) is 4.88 Å². The second-order valence-electron chi connectivity index (χ2n) is 7.89. The van der Waals surface area contributed by atoms with Gasteiger partial charge in [0.15, 0.2) is 5.13 Å². The van der Waals surface area contributed by atoms with Crippen LogP contribution in [-0.4, -0.2) is 66.0 Å². The van der Waals surface area contributed by atoms with Crippen molar-refractivity contribution in [1.82, 2.24) is 14.8 Å². The molecule has 1 amide bonds. The number of hydrogen-bond acceptors (Lipinski definition) is 7. The number of amides is 1. The number of benzene rings is 2. The molecule has 1 aromatic heterocycles. The van der Waals surface area contributed by atoms with E-state index < -0.39 is 5.97 Å². The maximum absolute atomic E-state index is 12.5. The van der Waals surface area contributed by atoms with Crippen LogP contribution in [0.2, 0.25) is 0 Å². The molecule has 0 unspecified atom stereocenters. The van der Waals surface area contributed by atoms with Crippen LogP contribution in [0.4, 0.5) is 5.13 Å². The van der Waals surface area contributed by atoms with Gasteiger partial charge >= 0.3 is 5.97 Å². The second-order valence-corrected chi connectivity index (χ2v) is 8.89. The summed E-state index contributed by atoms with van der Waals surface area (Å²) in [6, 6.07) is 14.9. The van der Waals surface area contributed by atoms with Crippen molar-refractivity contribution < 1.29 is 14.3 Å². The first-order valence-corrected chi connectivity index (χ1v) is 11.7. The Hall–Kier alpha value is -2.81. The van der Waals surface area contributed by atoms with Crippen LogP contribution in [0.15, 0.2) is 42.5 Å². The van der Waals surface area contributed by atoms with Crippen LogP contribution in [0.1, 0.15) is 27.9 Å². The number of thiazole rings is 1. The largest absolute Gasteiger partial charge is 0.462 e. The lowest BCUT2D eigenvalue weighted by Crippen LogP contribution is -2.48. The summed E-state index contributed by atoms with van der Waals surface area (Å²) in [7, 11) is 0. The van der Waals surface area contributed by atoms with E-state index in [0.29, 0.717) is 28.9 Å². The first-order valence-electron chi connectivity index (χ1n) is 10.9. The topological polar surface area (TPSA) is 74.8 Å². The Morgan fingerprint density at radius 1 is 1.06 bits per heavy atom. The Labute approximate surface area is 192 Å². The summed E-state index contributed by atoms with van der Waals surface area (Å²) in [6.45, 7) is 8.55. The molecule has 4 rings (SSSR count). The van der Waals surface area contributed by atoms with Crippen LogP contribution in [0.25, 0.3) is 10.8 Å². The zero-order chi connectivity index (χ0) is 22.5. The minimum Gasteiger partial charge on any atom is -0.462 e. The minimum absolute atomic E-state index is 0.114. The SMILES string of the molecule is CCOC(=O)c1sc(NC(=O)CN2CCN(Cc3cccc4ccccc34)CC2)nc1C. The van der Waals surface area contributed by atoms with E-state index in [2.05, 4.69) is 62.6 Å². The number of carbonyl (C=O) groups is 2. The van der Waals surface area contributed by atoms with Gasteiger partial charge in [0, 0.05) is 32.7 Å². The third-order valence-electron chi connectivity index (χ3n) is 5.61. The molecule has 0 spiro atoms. The van der Waals surface area contributed by atoms with Gasteiger partial charge in [0.25, 0.3) is 0 Å². The molecule has 0 saturated carbocycles. The first-order chi connectivity index (χ1) is 15.5. The number of ether oxygens (including phenoxy) is 1. The molecule has 0 radical (unpaired) electrons. The predicted octanol–water partition coefficient (Wildman–Crippen LogP) is 3.54. The number of carbonyl (C=O) groups excluding carboxylic acids is 2. The molecular formula is C24H28N4O3S. The number of aromatic nitrogens is 1. The fraction of sp³-hybridized carbons (Fsp3) is 0.375. The monoisotopic (exact) mass is 452 g/mol. The van der Waals surface area contributed by atoms with E-state index in [-0.39, 0.29) is 5.91 Å². The predicted molar refractivity (Wildman–Crippen MR) is 127 cm³/mol. The van der Waals surface area contributed by atoms with E-state index in [9.17, 15) is 9.59 Å². The number of hydrogen-bond donors (Lipinski definition) is 1. The Morgan fingerprint density at radius 2 is 1.78 bits per heavy atom. The van der Waals surface area contributed by atoms with Crippen LogP contribution in [0.5, 0.6) is 0 Å². The second kappa shape index (κ2) is 10.2. The number of aryl methyl sites for hydroxylation is 1. The van der Waals surface area contributed by atoms with Crippen LogP contribution in [0.3, 0.4) is 0 Å². The number of esters is 1. The molecule has 0 atom stereocenters. The molecule has 7 nitrogen and oxygen atoms in total. The molecule has 32 heavy (non-hydrogen) atoms. The number of fused-ring (bicyclic) bond motifs is 1. The van der Waals surface area contributed by atoms with Crippen LogP contribution < -0.4 is 5.32 Å². The lowest BCUT2D eigenvalue weighted by molar-refractivity contribution is -0.117. The fourth-order valence-electron chi connectivity index (χ4n) is 3.97. The van der Waals surface area contributed by atoms with Gasteiger partial charge in [-0.25, -0.2) is 9.78 Å². The molecule has 2 aromatic carbocycles. The van der Waals surface area contributed by atoms with Crippen molar-refractivity contribution in [1.29, 1.82) is 0 Å². The molecule has 0 bridgehead atoms. The Kier molecular flexibility index (Phi) is 7.14. The zero-order valence-corrected chi connectivity index (χ0v) is 19.3. The molecule has 1 saturated heterocycles. The fourth-order valence-corrected chi connectivity index (χ4v) is 4.85. The lowest BCUT2D eigenvalue weighted by atomic mass is 10.0. The number of nitrogens with one attached hydrogen (secondary N) is 1. The zero-order valence-electron chi connectivity index (χ0n) is 18.5. The summed E-state index contributed by atoms with van der Waals surface area (Å²) in [5.74, 6) is -0.512. The number of anilines is 1. The van der Waals surface area contributed by atoms with Gasteiger partial charge in [0.05, 0.1) is 18.8 Å². The summed E-state index contributed by atoms with van der Waals surface area (Å²) < 4.78 is 5.03. The molecular weight excluding hydrogens is 424 g/mol. The van der Waals surface area contributed by atoms with Crippen molar-refractivity contribution in [2.24, 2.45) is 0 Å². The highest BCUT2D eigenvalue weighted by atomic mass is 32.1. The summed E-state index contributed by atoms with van der Waals surface area (Å²) in [6.07, 6.45) is 0. The van der Waals surface area contributed by atoms with Crippen LogP contribution in [0, 0.1) is 6.92 Å². The van der Waals surface area contributed by atoms with Gasteiger partial charge < -0.3 is 10.1 Å². The standard InChI is InChI=1S/C24H28N4O3S/c1-3-31-23(30)22-17(2)25-24(32-22)26-21(29)16-28-13-11-27(12-14-28)15-19-9-6-8-18-7-4-5-10-20(18)19/h4-10H,3,11-16H2,1-2H3,(H,25,26,29). The number of nitrogens with zero attached hydrogens (tertiary/aromatic N) is 3. The average molecular weight is 453 g/mol. The average Bonchev–Trinajstić information content (AvgIpc) is 3.15. The van der Waals surface area contributed by atoms with E-state index in [4.69, 9.17) is 4.74 Å². The highest BCUT2D eigenvalue weighted by Crippen LogP contribution is 2.24. The molecule has 1 N–H and O–H groups in total. The minimum atomic E-state index is -0.398. The molecule has 0 aliphatic carbocycles. The molecule has 168 valence electrons. The maximum Gasteiger partial charge on any atom is 0.350 e. The highest BCUT2D eigenvalue weighted by molar-refractivity contribution is 7.17. The molecule has 1 fully saturated rings.